The standard InChI is InChI=1S/C25H40O6/c1-15(21(28)29)17-8-11-23(3)18-5-6-19(24(4,30)14-26)25(12-9-20(27)31-25)13-16(18)7-10-22(17,23)2/h15-19,26,30H,5-14H2,1-4H3,(H,28,29)/t15-,16-,17-,18+,19+,22-,23+,24+,25-/m0/s1. The lowest BCUT2D eigenvalue weighted by molar-refractivity contribution is -0.173. The number of carbonyl (C=O) groups is 2. The van der Waals surface area contributed by atoms with E-state index < -0.39 is 17.2 Å². The van der Waals surface area contributed by atoms with E-state index in [0.717, 1.165) is 38.5 Å². The molecule has 9 atom stereocenters. The molecule has 6 heteroatoms. The summed E-state index contributed by atoms with van der Waals surface area (Å²) in [7, 11) is 0. The highest BCUT2D eigenvalue weighted by Gasteiger charge is 2.65. The van der Waals surface area contributed by atoms with Gasteiger partial charge < -0.3 is 20.1 Å². The molecular formula is C25H40O6. The van der Waals surface area contributed by atoms with Gasteiger partial charge in [0.2, 0.25) is 0 Å². The van der Waals surface area contributed by atoms with Crippen molar-refractivity contribution in [3.63, 3.8) is 0 Å². The molecule has 4 rings (SSSR count). The number of carbonyl (C=O) groups excluding carboxylic acids is 1. The number of carboxylic acids is 1. The second-order valence-corrected chi connectivity index (χ2v) is 11.9. The Morgan fingerprint density at radius 1 is 1.16 bits per heavy atom. The van der Waals surface area contributed by atoms with Crippen LogP contribution in [0.5, 0.6) is 0 Å². The first kappa shape index (κ1) is 23.0. The number of fused-ring (bicyclic) bond motifs is 3. The Kier molecular flexibility index (Phi) is 5.53. The summed E-state index contributed by atoms with van der Waals surface area (Å²) in [5.41, 5.74) is -1.98. The van der Waals surface area contributed by atoms with Crippen LogP contribution >= 0.6 is 0 Å². The number of esters is 1. The number of hydrogen-bond donors (Lipinski definition) is 3. The van der Waals surface area contributed by atoms with Crippen molar-refractivity contribution in [3.05, 3.63) is 0 Å². The highest BCUT2D eigenvalue weighted by molar-refractivity contribution is 5.72. The lowest BCUT2D eigenvalue weighted by Gasteiger charge is -2.57. The van der Waals surface area contributed by atoms with Crippen molar-refractivity contribution in [1.82, 2.24) is 0 Å². The van der Waals surface area contributed by atoms with Crippen molar-refractivity contribution in [2.24, 2.45) is 40.4 Å². The van der Waals surface area contributed by atoms with Crippen LogP contribution in [0.15, 0.2) is 0 Å². The topological polar surface area (TPSA) is 104 Å². The number of hydrogen-bond acceptors (Lipinski definition) is 5. The van der Waals surface area contributed by atoms with Gasteiger partial charge in [-0.1, -0.05) is 20.8 Å². The average Bonchev–Trinajstić information content (AvgIpc) is 3.13. The second-order valence-electron chi connectivity index (χ2n) is 11.9. The summed E-state index contributed by atoms with van der Waals surface area (Å²) >= 11 is 0. The molecule has 0 aromatic heterocycles. The minimum absolute atomic E-state index is 0.0230. The lowest BCUT2D eigenvalue weighted by Crippen LogP contribution is -2.53. The van der Waals surface area contributed by atoms with Crippen LogP contribution in [0.2, 0.25) is 0 Å². The van der Waals surface area contributed by atoms with Gasteiger partial charge in [0.1, 0.15) is 5.60 Å². The highest BCUT2D eigenvalue weighted by atomic mass is 16.6. The Bertz CT molecular complexity index is 748. The zero-order chi connectivity index (χ0) is 22.8. The first-order chi connectivity index (χ1) is 14.4. The molecule has 1 heterocycles. The van der Waals surface area contributed by atoms with Crippen LogP contribution in [0.25, 0.3) is 0 Å². The zero-order valence-electron chi connectivity index (χ0n) is 19.5. The number of rotatable bonds is 4. The molecule has 3 aliphatic carbocycles. The minimum atomic E-state index is -1.29. The maximum absolute atomic E-state index is 12.2. The molecule has 0 radical (unpaired) electrons. The van der Waals surface area contributed by atoms with Gasteiger partial charge in [-0.25, -0.2) is 0 Å². The Hall–Kier alpha value is -1.14. The molecule has 0 bridgehead atoms. The summed E-state index contributed by atoms with van der Waals surface area (Å²) in [5, 5.41) is 30.8. The smallest absolute Gasteiger partial charge is 0.306 e. The SMILES string of the molecule is C[C@H](C(=O)O)[C@@H]1CC[C@]2(C)[C@@H]3CC[C@H]([C@](C)(O)CO)[C@]4(CCC(=O)O4)C[C@@H]3CC[C@@]12C. The fourth-order valence-corrected chi connectivity index (χ4v) is 8.76. The largest absolute Gasteiger partial charge is 0.481 e. The van der Waals surface area contributed by atoms with Crippen molar-refractivity contribution < 1.29 is 29.6 Å². The maximum atomic E-state index is 12.2. The van der Waals surface area contributed by atoms with Crippen molar-refractivity contribution in [2.45, 2.75) is 96.7 Å². The highest BCUT2D eigenvalue weighted by Crippen LogP contribution is 2.70. The van der Waals surface area contributed by atoms with E-state index in [2.05, 4.69) is 13.8 Å². The normalized spacial score (nSPS) is 47.7. The fourth-order valence-electron chi connectivity index (χ4n) is 8.76. The molecule has 6 nitrogen and oxygen atoms in total. The summed E-state index contributed by atoms with van der Waals surface area (Å²) in [6, 6.07) is 0. The lowest BCUT2D eigenvalue weighted by atomic mass is 9.48. The van der Waals surface area contributed by atoms with Crippen molar-refractivity contribution in [3.8, 4) is 0 Å². The molecular weight excluding hydrogens is 396 g/mol. The molecule has 0 aromatic carbocycles. The van der Waals surface area contributed by atoms with E-state index in [1.165, 1.54) is 0 Å². The third kappa shape index (κ3) is 3.26. The van der Waals surface area contributed by atoms with E-state index in [4.69, 9.17) is 4.74 Å². The molecule has 1 saturated heterocycles. The van der Waals surface area contributed by atoms with Crippen LogP contribution in [-0.2, 0) is 14.3 Å². The summed E-state index contributed by atoms with van der Waals surface area (Å²) in [5.74, 6) is -0.551. The number of aliphatic hydroxyl groups excluding tert-OH is 1. The minimum Gasteiger partial charge on any atom is -0.481 e. The van der Waals surface area contributed by atoms with Crippen molar-refractivity contribution in [1.29, 1.82) is 0 Å². The van der Waals surface area contributed by atoms with Crippen molar-refractivity contribution >= 4 is 11.9 Å². The Balaban J connectivity index is 1.69. The molecule has 0 amide bonds. The van der Waals surface area contributed by atoms with Gasteiger partial charge in [0.15, 0.2) is 0 Å². The summed E-state index contributed by atoms with van der Waals surface area (Å²) in [4.78, 5) is 24.0. The third-order valence-electron chi connectivity index (χ3n) is 10.7. The zero-order valence-corrected chi connectivity index (χ0v) is 19.5. The Morgan fingerprint density at radius 3 is 2.42 bits per heavy atom. The van der Waals surface area contributed by atoms with Gasteiger partial charge in [-0.2, -0.15) is 0 Å². The van der Waals surface area contributed by atoms with E-state index in [9.17, 15) is 24.9 Å². The third-order valence-corrected chi connectivity index (χ3v) is 10.7. The van der Waals surface area contributed by atoms with Gasteiger partial charge >= 0.3 is 11.9 Å². The van der Waals surface area contributed by atoms with Gasteiger partial charge in [0.25, 0.3) is 0 Å². The summed E-state index contributed by atoms with van der Waals surface area (Å²) in [6.45, 7) is 7.88. The van der Waals surface area contributed by atoms with Crippen LogP contribution in [0.1, 0.15) is 85.5 Å². The van der Waals surface area contributed by atoms with Gasteiger partial charge in [0.05, 0.1) is 18.1 Å². The first-order valence-electron chi connectivity index (χ1n) is 12.2. The molecule has 176 valence electrons. The van der Waals surface area contributed by atoms with E-state index in [-0.39, 0.29) is 41.2 Å². The van der Waals surface area contributed by atoms with Gasteiger partial charge in [-0.05, 0) is 86.9 Å². The van der Waals surface area contributed by atoms with Crippen molar-refractivity contribution in [2.75, 3.05) is 6.61 Å². The Labute approximate surface area is 185 Å². The van der Waals surface area contributed by atoms with Gasteiger partial charge in [-0.3, -0.25) is 9.59 Å². The number of carboxylic acid groups (broad SMARTS) is 1. The molecule has 31 heavy (non-hydrogen) atoms. The molecule has 0 unspecified atom stereocenters. The van der Waals surface area contributed by atoms with E-state index in [1.807, 2.05) is 6.92 Å². The second kappa shape index (κ2) is 7.44. The van der Waals surface area contributed by atoms with Crippen LogP contribution in [-0.4, -0.2) is 45.1 Å². The summed E-state index contributed by atoms with van der Waals surface area (Å²) in [6.07, 6.45) is 7.35. The number of aliphatic carboxylic acids is 1. The van der Waals surface area contributed by atoms with Crippen LogP contribution < -0.4 is 0 Å². The first-order valence-corrected chi connectivity index (χ1v) is 12.2. The van der Waals surface area contributed by atoms with E-state index >= 15 is 0 Å². The van der Waals surface area contributed by atoms with Crippen LogP contribution in [0.4, 0.5) is 0 Å². The quantitative estimate of drug-likeness (QED) is 0.580. The number of aliphatic hydroxyl groups is 2. The fraction of sp³-hybridized carbons (Fsp3) is 0.920. The van der Waals surface area contributed by atoms with Gasteiger partial charge in [0, 0.05) is 12.3 Å². The molecule has 1 spiro atoms. The molecule has 4 fully saturated rings. The van der Waals surface area contributed by atoms with Crippen LogP contribution in [0.3, 0.4) is 0 Å². The van der Waals surface area contributed by atoms with Gasteiger partial charge in [-0.15, -0.1) is 0 Å². The monoisotopic (exact) mass is 436 g/mol. The van der Waals surface area contributed by atoms with E-state index in [0.29, 0.717) is 31.1 Å². The Morgan fingerprint density at radius 2 is 1.84 bits per heavy atom. The molecule has 4 aliphatic rings. The molecule has 1 aliphatic heterocycles. The van der Waals surface area contributed by atoms with Crippen LogP contribution in [0, 0.1) is 40.4 Å². The number of ether oxygens (including phenoxy) is 1. The maximum Gasteiger partial charge on any atom is 0.306 e. The van der Waals surface area contributed by atoms with E-state index in [1.54, 1.807) is 6.92 Å². The predicted octanol–water partition coefficient (Wildman–Crippen LogP) is 3.78. The molecule has 0 aromatic rings. The summed E-state index contributed by atoms with van der Waals surface area (Å²) < 4.78 is 5.99. The predicted molar refractivity (Wildman–Crippen MR) is 115 cm³/mol. The molecule has 3 N–H and O–H groups in total. The average molecular weight is 437 g/mol. The molecule has 3 saturated carbocycles.